The van der Waals surface area contributed by atoms with Gasteiger partial charge in [0.15, 0.2) is 0 Å². The average Bonchev–Trinajstić information content (AvgIpc) is 2.83. The molecule has 1 aliphatic heterocycles. The molecular weight excluding hydrogens is 426 g/mol. The first kappa shape index (κ1) is 22.2. The number of ether oxygens (including phenoxy) is 1. The van der Waals surface area contributed by atoms with Gasteiger partial charge in [-0.2, -0.15) is 0 Å². The second-order valence-corrected chi connectivity index (χ2v) is 8.20. The van der Waals surface area contributed by atoms with Crippen molar-refractivity contribution in [3.63, 3.8) is 0 Å². The molecule has 0 aliphatic carbocycles. The second-order valence-electron chi connectivity index (χ2n) is 7.79. The Morgan fingerprint density at radius 1 is 1.16 bits per heavy atom. The molecule has 0 spiro atoms. The highest BCUT2D eigenvalue weighted by atomic mass is 35.5. The molecule has 1 saturated heterocycles. The number of anilines is 1. The first-order valence-corrected chi connectivity index (χ1v) is 11.1. The lowest BCUT2D eigenvalue weighted by Crippen LogP contribution is -2.40. The smallest absolute Gasteiger partial charge is 0.255 e. The highest BCUT2D eigenvalue weighted by Crippen LogP contribution is 2.34. The highest BCUT2D eigenvalue weighted by molar-refractivity contribution is 6.34. The number of hydrogen-bond donors (Lipinski definition) is 1. The third kappa shape index (κ3) is 4.45. The van der Waals surface area contributed by atoms with Crippen LogP contribution in [-0.4, -0.2) is 52.1 Å². The van der Waals surface area contributed by atoms with E-state index in [1.807, 2.05) is 24.0 Å². The van der Waals surface area contributed by atoms with Gasteiger partial charge in [0.25, 0.3) is 5.91 Å². The number of aromatic nitrogens is 3. The zero-order valence-electron chi connectivity index (χ0n) is 18.2. The van der Waals surface area contributed by atoms with Crippen molar-refractivity contribution in [2.75, 3.05) is 25.9 Å². The minimum Gasteiger partial charge on any atom is -0.384 e. The van der Waals surface area contributed by atoms with Crippen LogP contribution in [0.5, 0.6) is 0 Å². The molecule has 1 amide bonds. The second kappa shape index (κ2) is 9.63. The highest BCUT2D eigenvalue weighted by Gasteiger charge is 2.25. The summed E-state index contributed by atoms with van der Waals surface area (Å²) in [7, 11) is 1.71. The molecule has 32 heavy (non-hydrogen) atoms. The molecule has 166 valence electrons. The Hall–Kier alpha value is -3.03. The minimum atomic E-state index is -0.0593. The monoisotopic (exact) mass is 451 g/mol. The summed E-state index contributed by atoms with van der Waals surface area (Å²) >= 11 is 6.60. The molecule has 1 fully saturated rings. The van der Waals surface area contributed by atoms with E-state index >= 15 is 0 Å². The van der Waals surface area contributed by atoms with Crippen LogP contribution >= 0.6 is 11.6 Å². The maximum absolute atomic E-state index is 13.0. The number of halogens is 1. The number of nitrogens with zero attached hydrogens (tertiary/aromatic N) is 4. The van der Waals surface area contributed by atoms with Crippen LogP contribution < -0.4 is 5.73 Å². The van der Waals surface area contributed by atoms with Gasteiger partial charge >= 0.3 is 0 Å². The normalized spacial score (nSPS) is 14.5. The lowest BCUT2D eigenvalue weighted by molar-refractivity contribution is 0.0351. The number of methoxy groups -OCH3 is 1. The van der Waals surface area contributed by atoms with Gasteiger partial charge in [-0.05, 0) is 43.5 Å². The van der Waals surface area contributed by atoms with Crippen LogP contribution in [0, 0.1) is 0 Å². The first-order valence-electron chi connectivity index (χ1n) is 10.7. The van der Waals surface area contributed by atoms with E-state index in [-0.39, 0.29) is 12.0 Å². The van der Waals surface area contributed by atoms with E-state index in [4.69, 9.17) is 22.1 Å². The predicted molar refractivity (Wildman–Crippen MR) is 125 cm³/mol. The van der Waals surface area contributed by atoms with Crippen molar-refractivity contribution in [2.24, 2.45) is 0 Å². The molecule has 8 heteroatoms. The van der Waals surface area contributed by atoms with Crippen molar-refractivity contribution in [1.82, 2.24) is 19.9 Å². The van der Waals surface area contributed by atoms with Crippen molar-refractivity contribution in [3.8, 4) is 22.4 Å². The molecule has 0 saturated carbocycles. The molecule has 0 radical (unpaired) electrons. The lowest BCUT2D eigenvalue weighted by Gasteiger charge is -2.31. The maximum atomic E-state index is 13.0. The fourth-order valence-corrected chi connectivity index (χ4v) is 4.33. The van der Waals surface area contributed by atoms with E-state index in [1.165, 1.54) is 0 Å². The summed E-state index contributed by atoms with van der Waals surface area (Å²) in [6.07, 6.45) is 5.88. The number of benzene rings is 1. The maximum Gasteiger partial charge on any atom is 0.255 e. The van der Waals surface area contributed by atoms with Crippen LogP contribution in [0.25, 0.3) is 22.4 Å². The van der Waals surface area contributed by atoms with Gasteiger partial charge in [0.1, 0.15) is 12.1 Å². The number of pyridine rings is 1. The largest absolute Gasteiger partial charge is 0.384 e. The molecule has 1 aromatic carbocycles. The standard InChI is InChI=1S/C24H26ClN5O2/c1-3-20-22(16-5-7-21(26)27-13-16)23(29-14-28-20)15-4-6-18(19(25)12-15)24(31)30-10-8-17(32-2)9-11-30/h4-7,12-14,17H,3,8-11H2,1-2H3,(H2,26,27). The third-order valence-corrected chi connectivity index (χ3v) is 6.18. The molecule has 1 aliphatic rings. The fourth-order valence-electron chi connectivity index (χ4n) is 4.07. The van der Waals surface area contributed by atoms with Crippen molar-refractivity contribution in [3.05, 3.63) is 59.1 Å². The zero-order chi connectivity index (χ0) is 22.7. The number of likely N-dealkylation sites (tertiary alicyclic amines) is 1. The lowest BCUT2D eigenvalue weighted by atomic mass is 9.97. The van der Waals surface area contributed by atoms with E-state index in [2.05, 4.69) is 15.0 Å². The topological polar surface area (TPSA) is 94.2 Å². The molecule has 2 N–H and O–H groups in total. The van der Waals surface area contributed by atoms with E-state index in [9.17, 15) is 4.79 Å². The van der Waals surface area contributed by atoms with Crippen molar-refractivity contribution in [1.29, 1.82) is 0 Å². The SMILES string of the molecule is CCc1ncnc(-c2ccc(C(=O)N3CCC(OC)CC3)c(Cl)c2)c1-c1ccc(N)nc1. The number of carbonyl (C=O) groups is 1. The van der Waals surface area contributed by atoms with Crippen LogP contribution in [0.1, 0.15) is 35.8 Å². The Bertz CT molecular complexity index is 1110. The summed E-state index contributed by atoms with van der Waals surface area (Å²) in [4.78, 5) is 28.1. The predicted octanol–water partition coefficient (Wildman–Crippen LogP) is 4.25. The van der Waals surface area contributed by atoms with Crippen molar-refractivity contribution in [2.45, 2.75) is 32.3 Å². The van der Waals surface area contributed by atoms with Gasteiger partial charge in [-0.1, -0.05) is 24.6 Å². The Morgan fingerprint density at radius 3 is 2.53 bits per heavy atom. The Balaban J connectivity index is 1.68. The van der Waals surface area contributed by atoms with Gasteiger partial charge in [-0.25, -0.2) is 15.0 Å². The number of amides is 1. The van der Waals surface area contributed by atoms with Gasteiger partial charge in [0.2, 0.25) is 0 Å². The number of hydrogen-bond acceptors (Lipinski definition) is 6. The van der Waals surface area contributed by atoms with Gasteiger partial charge in [0, 0.05) is 43.1 Å². The summed E-state index contributed by atoms with van der Waals surface area (Å²) in [6.45, 7) is 3.37. The summed E-state index contributed by atoms with van der Waals surface area (Å²) < 4.78 is 5.40. The summed E-state index contributed by atoms with van der Waals surface area (Å²) in [6, 6.07) is 9.13. The molecule has 3 heterocycles. The summed E-state index contributed by atoms with van der Waals surface area (Å²) in [5.41, 5.74) is 10.5. The molecule has 0 bridgehead atoms. The van der Waals surface area contributed by atoms with Crippen LogP contribution in [0.4, 0.5) is 5.82 Å². The molecule has 0 unspecified atom stereocenters. The number of aryl methyl sites for hydroxylation is 1. The summed E-state index contributed by atoms with van der Waals surface area (Å²) in [5.74, 6) is 0.390. The van der Waals surface area contributed by atoms with Crippen molar-refractivity contribution >= 4 is 23.3 Å². The molecule has 7 nitrogen and oxygen atoms in total. The van der Waals surface area contributed by atoms with Gasteiger partial charge in [-0.3, -0.25) is 4.79 Å². The molecule has 0 atom stereocenters. The van der Waals surface area contributed by atoms with Crippen LogP contribution in [0.2, 0.25) is 5.02 Å². The van der Waals surface area contributed by atoms with Crippen molar-refractivity contribution < 1.29 is 9.53 Å². The number of carbonyl (C=O) groups excluding carboxylic acids is 1. The third-order valence-electron chi connectivity index (χ3n) is 5.87. The number of piperidine rings is 1. The number of nitrogens with two attached hydrogens (primary N) is 1. The molecule has 2 aromatic heterocycles. The quantitative estimate of drug-likeness (QED) is 0.623. The van der Waals surface area contributed by atoms with Crippen LogP contribution in [0.15, 0.2) is 42.9 Å². The zero-order valence-corrected chi connectivity index (χ0v) is 19.0. The van der Waals surface area contributed by atoms with E-state index in [1.54, 1.807) is 37.8 Å². The van der Waals surface area contributed by atoms with Crippen LogP contribution in [-0.2, 0) is 11.2 Å². The van der Waals surface area contributed by atoms with Gasteiger partial charge < -0.3 is 15.4 Å². The molecule has 3 aromatic rings. The number of rotatable bonds is 5. The Kier molecular flexibility index (Phi) is 6.67. The molecule has 4 rings (SSSR count). The Morgan fingerprint density at radius 2 is 1.91 bits per heavy atom. The van der Waals surface area contributed by atoms with E-state index in [0.29, 0.717) is 29.5 Å². The minimum absolute atomic E-state index is 0.0593. The number of nitrogen functional groups attached to an aromatic ring is 1. The Labute approximate surface area is 192 Å². The first-order chi connectivity index (χ1) is 15.5. The fraction of sp³-hybridized carbons (Fsp3) is 0.333. The van der Waals surface area contributed by atoms with Gasteiger partial charge in [-0.15, -0.1) is 0 Å². The average molecular weight is 452 g/mol. The molecular formula is C24H26ClN5O2. The van der Waals surface area contributed by atoms with Gasteiger partial charge in [0.05, 0.1) is 28.1 Å². The van der Waals surface area contributed by atoms with Crippen LogP contribution in [0.3, 0.4) is 0 Å². The summed E-state index contributed by atoms with van der Waals surface area (Å²) in [5, 5.41) is 0.402. The van der Waals surface area contributed by atoms with E-state index < -0.39 is 0 Å². The van der Waals surface area contributed by atoms with E-state index in [0.717, 1.165) is 47.3 Å².